The number of amides is 1. The summed E-state index contributed by atoms with van der Waals surface area (Å²) in [6.45, 7) is 6.43. The summed E-state index contributed by atoms with van der Waals surface area (Å²) < 4.78 is 4.93. The Labute approximate surface area is 149 Å². The largest absolute Gasteiger partial charge is 0.462 e. The maximum absolute atomic E-state index is 12.1. The van der Waals surface area contributed by atoms with Gasteiger partial charge in [0, 0.05) is 12.1 Å². The molecule has 132 valence electrons. The highest BCUT2D eigenvalue weighted by Gasteiger charge is 2.08. The number of hydrogen-bond acceptors (Lipinski definition) is 3. The minimum absolute atomic E-state index is 0.0446. The van der Waals surface area contributed by atoms with Crippen LogP contribution in [-0.4, -0.2) is 18.5 Å². The molecule has 0 aliphatic heterocycles. The van der Waals surface area contributed by atoms with Gasteiger partial charge >= 0.3 is 5.97 Å². The van der Waals surface area contributed by atoms with Crippen molar-refractivity contribution in [3.05, 3.63) is 65.2 Å². The molecule has 1 N–H and O–H groups in total. The van der Waals surface area contributed by atoms with E-state index in [0.717, 1.165) is 5.56 Å². The van der Waals surface area contributed by atoms with Gasteiger partial charge in [0.1, 0.15) is 0 Å². The maximum atomic E-state index is 12.1. The zero-order valence-electron chi connectivity index (χ0n) is 15.0. The first-order valence-corrected chi connectivity index (χ1v) is 8.65. The van der Waals surface area contributed by atoms with E-state index in [0.29, 0.717) is 36.6 Å². The smallest absolute Gasteiger partial charge is 0.338 e. The van der Waals surface area contributed by atoms with Gasteiger partial charge in [-0.3, -0.25) is 4.79 Å². The summed E-state index contributed by atoms with van der Waals surface area (Å²) in [5.74, 6) is 0.108. The molecule has 0 fully saturated rings. The van der Waals surface area contributed by atoms with E-state index < -0.39 is 0 Å². The van der Waals surface area contributed by atoms with E-state index in [9.17, 15) is 9.59 Å². The zero-order chi connectivity index (χ0) is 18.2. The number of ether oxygens (including phenoxy) is 1. The number of nitrogens with one attached hydrogen (secondary N) is 1. The van der Waals surface area contributed by atoms with Crippen molar-refractivity contribution in [3.63, 3.8) is 0 Å². The number of hydrogen-bond donors (Lipinski definition) is 1. The van der Waals surface area contributed by atoms with Gasteiger partial charge < -0.3 is 10.1 Å². The van der Waals surface area contributed by atoms with E-state index in [1.165, 1.54) is 5.56 Å². The average molecular weight is 339 g/mol. The molecule has 0 unspecified atom stereocenters. The quantitative estimate of drug-likeness (QED) is 0.753. The molecule has 0 bridgehead atoms. The second-order valence-corrected chi connectivity index (χ2v) is 6.24. The van der Waals surface area contributed by atoms with Gasteiger partial charge in [0.25, 0.3) is 0 Å². The first-order valence-electron chi connectivity index (χ1n) is 8.65. The molecule has 0 aromatic heterocycles. The molecule has 2 aromatic carbocycles. The Morgan fingerprint density at radius 3 is 2.20 bits per heavy atom. The lowest BCUT2D eigenvalue weighted by Crippen LogP contribution is -2.12. The summed E-state index contributed by atoms with van der Waals surface area (Å²) in [5.41, 5.74) is 3.60. The summed E-state index contributed by atoms with van der Waals surface area (Å²) >= 11 is 0. The Balaban J connectivity index is 1.84. The van der Waals surface area contributed by atoms with E-state index in [2.05, 4.69) is 43.4 Å². The number of anilines is 1. The van der Waals surface area contributed by atoms with Crippen LogP contribution in [0.4, 0.5) is 5.69 Å². The normalized spacial score (nSPS) is 10.6. The Kier molecular flexibility index (Phi) is 6.75. The summed E-state index contributed by atoms with van der Waals surface area (Å²) in [4.78, 5) is 23.7. The number of aryl methyl sites for hydroxylation is 1. The second kappa shape index (κ2) is 9.02. The third kappa shape index (κ3) is 5.75. The van der Waals surface area contributed by atoms with Crippen LogP contribution >= 0.6 is 0 Å². The highest BCUT2D eigenvalue weighted by Crippen LogP contribution is 2.16. The van der Waals surface area contributed by atoms with E-state index in [-0.39, 0.29) is 11.9 Å². The van der Waals surface area contributed by atoms with E-state index in [1.807, 2.05) is 0 Å². The van der Waals surface area contributed by atoms with E-state index in [1.54, 1.807) is 31.2 Å². The number of esters is 1. The number of carbonyl (C=O) groups is 2. The zero-order valence-corrected chi connectivity index (χ0v) is 15.0. The topological polar surface area (TPSA) is 55.4 Å². The fourth-order valence-electron chi connectivity index (χ4n) is 2.45. The molecule has 2 aromatic rings. The highest BCUT2D eigenvalue weighted by molar-refractivity contribution is 5.93. The van der Waals surface area contributed by atoms with Gasteiger partial charge in [-0.05, 0) is 54.7 Å². The standard InChI is InChI=1S/C21H25NO3/c1-4-25-21(24)18-10-12-19(13-11-18)22-20(23)14-7-16-5-8-17(9-6-16)15(2)3/h5-6,8-13,15H,4,7,14H2,1-3H3,(H,22,23). The minimum atomic E-state index is -0.356. The first-order chi connectivity index (χ1) is 12.0. The van der Waals surface area contributed by atoms with Crippen LogP contribution in [0.3, 0.4) is 0 Å². The van der Waals surface area contributed by atoms with Crippen molar-refractivity contribution in [2.45, 2.75) is 39.5 Å². The van der Waals surface area contributed by atoms with Crippen LogP contribution in [0.15, 0.2) is 48.5 Å². The molecule has 0 saturated heterocycles. The molecular formula is C21H25NO3. The maximum Gasteiger partial charge on any atom is 0.338 e. The van der Waals surface area contributed by atoms with Crippen LogP contribution in [0.25, 0.3) is 0 Å². The molecule has 4 heteroatoms. The lowest BCUT2D eigenvalue weighted by atomic mass is 10.0. The molecule has 0 saturated carbocycles. The highest BCUT2D eigenvalue weighted by atomic mass is 16.5. The SMILES string of the molecule is CCOC(=O)c1ccc(NC(=O)CCc2ccc(C(C)C)cc2)cc1. The van der Waals surface area contributed by atoms with Gasteiger partial charge in [-0.2, -0.15) is 0 Å². The van der Waals surface area contributed by atoms with Crippen LogP contribution in [-0.2, 0) is 16.0 Å². The van der Waals surface area contributed by atoms with Crippen molar-refractivity contribution in [1.29, 1.82) is 0 Å². The monoisotopic (exact) mass is 339 g/mol. The summed E-state index contributed by atoms with van der Waals surface area (Å²) in [6.07, 6.45) is 1.12. The average Bonchev–Trinajstić information content (AvgIpc) is 2.61. The fourth-order valence-corrected chi connectivity index (χ4v) is 2.45. The number of benzene rings is 2. The van der Waals surface area contributed by atoms with Crippen molar-refractivity contribution in [3.8, 4) is 0 Å². The van der Waals surface area contributed by atoms with E-state index >= 15 is 0 Å². The molecule has 0 heterocycles. The summed E-state index contributed by atoms with van der Waals surface area (Å²) in [7, 11) is 0. The molecular weight excluding hydrogens is 314 g/mol. The number of rotatable bonds is 7. The van der Waals surface area contributed by atoms with Crippen molar-refractivity contribution in [1.82, 2.24) is 0 Å². The van der Waals surface area contributed by atoms with Gasteiger partial charge in [0.05, 0.1) is 12.2 Å². The van der Waals surface area contributed by atoms with Gasteiger partial charge in [0.2, 0.25) is 5.91 Å². The Bertz CT molecular complexity index is 703. The molecule has 1 amide bonds. The molecule has 2 rings (SSSR count). The van der Waals surface area contributed by atoms with Crippen molar-refractivity contribution < 1.29 is 14.3 Å². The van der Waals surface area contributed by atoms with Gasteiger partial charge in [0.15, 0.2) is 0 Å². The second-order valence-electron chi connectivity index (χ2n) is 6.24. The van der Waals surface area contributed by atoms with Crippen LogP contribution in [0.5, 0.6) is 0 Å². The Morgan fingerprint density at radius 2 is 1.64 bits per heavy atom. The van der Waals surface area contributed by atoms with Crippen LogP contribution in [0.2, 0.25) is 0 Å². The molecule has 0 spiro atoms. The van der Waals surface area contributed by atoms with Crippen LogP contribution in [0.1, 0.15) is 54.6 Å². The van der Waals surface area contributed by atoms with Gasteiger partial charge in [-0.15, -0.1) is 0 Å². The Hall–Kier alpha value is -2.62. The van der Waals surface area contributed by atoms with Crippen molar-refractivity contribution >= 4 is 17.6 Å². The summed E-state index contributed by atoms with van der Waals surface area (Å²) in [6, 6.07) is 15.1. The van der Waals surface area contributed by atoms with Gasteiger partial charge in [-0.1, -0.05) is 38.1 Å². The molecule has 0 radical (unpaired) electrons. The third-order valence-corrected chi connectivity index (χ3v) is 3.97. The molecule has 4 nitrogen and oxygen atoms in total. The minimum Gasteiger partial charge on any atom is -0.462 e. The molecule has 0 aliphatic rings. The molecule has 25 heavy (non-hydrogen) atoms. The van der Waals surface area contributed by atoms with Gasteiger partial charge in [-0.25, -0.2) is 4.79 Å². The Morgan fingerprint density at radius 1 is 1.00 bits per heavy atom. The predicted molar refractivity (Wildman–Crippen MR) is 99.9 cm³/mol. The predicted octanol–water partition coefficient (Wildman–Crippen LogP) is 4.56. The van der Waals surface area contributed by atoms with Crippen LogP contribution in [0, 0.1) is 0 Å². The number of carbonyl (C=O) groups excluding carboxylic acids is 2. The molecule has 0 aliphatic carbocycles. The molecule has 0 atom stereocenters. The third-order valence-electron chi connectivity index (χ3n) is 3.97. The lowest BCUT2D eigenvalue weighted by molar-refractivity contribution is -0.116. The lowest BCUT2D eigenvalue weighted by Gasteiger charge is -2.08. The van der Waals surface area contributed by atoms with Crippen molar-refractivity contribution in [2.24, 2.45) is 0 Å². The van der Waals surface area contributed by atoms with Crippen LogP contribution < -0.4 is 5.32 Å². The first kappa shape index (κ1) is 18.7. The fraction of sp³-hybridized carbons (Fsp3) is 0.333. The van der Waals surface area contributed by atoms with E-state index in [4.69, 9.17) is 4.74 Å². The van der Waals surface area contributed by atoms with Crippen molar-refractivity contribution in [2.75, 3.05) is 11.9 Å². The summed E-state index contributed by atoms with van der Waals surface area (Å²) in [5, 5.41) is 2.85.